The topological polar surface area (TPSA) is 12.5 Å². The zero-order chi connectivity index (χ0) is 18.8. The van der Waals surface area contributed by atoms with Crippen molar-refractivity contribution in [3.8, 4) is 11.5 Å². The number of rotatable bonds is 5. The number of fused-ring (bicyclic) bond motifs is 3. The van der Waals surface area contributed by atoms with Crippen molar-refractivity contribution in [3.63, 3.8) is 0 Å². The molecule has 146 valence electrons. The van der Waals surface area contributed by atoms with Crippen LogP contribution < -0.4 is 9.64 Å². The van der Waals surface area contributed by atoms with Gasteiger partial charge in [-0.1, -0.05) is 66.7 Å². The smallest absolute Gasteiger partial charge is 0.128 e. The van der Waals surface area contributed by atoms with E-state index < -0.39 is 0 Å². The Morgan fingerprint density at radius 3 is 2.28 bits per heavy atom. The van der Waals surface area contributed by atoms with E-state index in [0.29, 0.717) is 0 Å². The molecule has 4 aromatic rings. The number of benzene rings is 4. The molecule has 0 bridgehead atoms. The second-order valence-electron chi connectivity index (χ2n) is 7.34. The molecule has 0 amide bonds. The second-order valence-corrected chi connectivity index (χ2v) is 7.34. The molecule has 5 rings (SSSR count). The molecule has 1 aliphatic rings. The van der Waals surface area contributed by atoms with Gasteiger partial charge in [0.2, 0.25) is 0 Å². The molecular weight excluding hydrogens is 378 g/mol. The summed E-state index contributed by atoms with van der Waals surface area (Å²) in [5.41, 5.74) is 4.22. The zero-order valence-electron chi connectivity index (χ0n) is 16.3. The highest BCUT2D eigenvalue weighted by Crippen LogP contribution is 2.38. The third-order valence-electron chi connectivity index (χ3n) is 5.51. The van der Waals surface area contributed by atoms with Gasteiger partial charge < -0.3 is 9.64 Å². The number of nitrogens with zero attached hydrogens (tertiary/aromatic N) is 1. The number of hydrogen-bond donors (Lipinski definition) is 0. The van der Waals surface area contributed by atoms with Gasteiger partial charge in [-0.3, -0.25) is 0 Å². The molecule has 0 aromatic heterocycles. The fourth-order valence-corrected chi connectivity index (χ4v) is 4.09. The van der Waals surface area contributed by atoms with Crippen molar-refractivity contribution in [1.29, 1.82) is 0 Å². The monoisotopic (exact) mass is 401 g/mol. The van der Waals surface area contributed by atoms with Gasteiger partial charge in [-0.2, -0.15) is 0 Å². The fraction of sp³-hybridized carbons (Fsp3) is 0.154. The summed E-state index contributed by atoms with van der Waals surface area (Å²) in [6, 6.07) is 31.7. The summed E-state index contributed by atoms with van der Waals surface area (Å²) in [5.74, 6) is 1.76. The lowest BCUT2D eigenvalue weighted by Crippen LogP contribution is -2.23. The minimum absolute atomic E-state index is 0. The largest absolute Gasteiger partial charge is 0.457 e. The molecule has 0 N–H and O–H groups in total. The Balaban J connectivity index is 0.00000205. The molecule has 0 saturated carbocycles. The minimum atomic E-state index is 0. The van der Waals surface area contributed by atoms with Gasteiger partial charge >= 0.3 is 0 Å². The zero-order valence-corrected chi connectivity index (χ0v) is 17.1. The van der Waals surface area contributed by atoms with Crippen LogP contribution in [0, 0.1) is 0 Å². The SMILES string of the molecule is Cl.c1ccc(CCN2CCc3ccc4ccc(Oc5ccccc5)cc4c32)cc1. The Kier molecular flexibility index (Phi) is 5.73. The van der Waals surface area contributed by atoms with Gasteiger partial charge in [0.1, 0.15) is 11.5 Å². The van der Waals surface area contributed by atoms with Gasteiger partial charge in [-0.15, -0.1) is 12.4 Å². The number of anilines is 1. The van der Waals surface area contributed by atoms with Crippen LogP contribution in [0.4, 0.5) is 5.69 Å². The van der Waals surface area contributed by atoms with Crippen molar-refractivity contribution >= 4 is 28.9 Å². The van der Waals surface area contributed by atoms with E-state index in [0.717, 1.165) is 37.4 Å². The Hall–Kier alpha value is -2.97. The van der Waals surface area contributed by atoms with Gasteiger partial charge in [0.25, 0.3) is 0 Å². The molecule has 0 unspecified atom stereocenters. The van der Waals surface area contributed by atoms with E-state index >= 15 is 0 Å². The average molecular weight is 402 g/mol. The quantitative estimate of drug-likeness (QED) is 0.370. The summed E-state index contributed by atoms with van der Waals surface area (Å²) in [7, 11) is 0. The summed E-state index contributed by atoms with van der Waals surface area (Å²) in [6.07, 6.45) is 2.18. The van der Waals surface area contributed by atoms with Crippen LogP contribution in [0.15, 0.2) is 91.0 Å². The minimum Gasteiger partial charge on any atom is -0.457 e. The van der Waals surface area contributed by atoms with Crippen LogP contribution in [0.5, 0.6) is 11.5 Å². The van der Waals surface area contributed by atoms with E-state index in [1.165, 1.54) is 27.6 Å². The van der Waals surface area contributed by atoms with Gasteiger partial charge in [0, 0.05) is 24.2 Å². The maximum atomic E-state index is 6.09. The summed E-state index contributed by atoms with van der Waals surface area (Å²) in [6.45, 7) is 2.13. The predicted molar refractivity (Wildman–Crippen MR) is 124 cm³/mol. The summed E-state index contributed by atoms with van der Waals surface area (Å²) < 4.78 is 6.09. The highest BCUT2D eigenvalue weighted by molar-refractivity contribution is 5.98. The maximum Gasteiger partial charge on any atom is 0.128 e. The standard InChI is InChI=1S/C26H23NO.ClH/c1-3-7-20(8-4-1)15-17-27-18-16-22-12-11-21-13-14-24(19-25(21)26(22)27)28-23-9-5-2-6-10-23;/h1-14,19H,15-18H2;1H. The highest BCUT2D eigenvalue weighted by Gasteiger charge is 2.21. The first-order valence-electron chi connectivity index (χ1n) is 9.94. The summed E-state index contributed by atoms with van der Waals surface area (Å²) in [4.78, 5) is 2.54. The van der Waals surface area contributed by atoms with E-state index in [9.17, 15) is 0 Å². The van der Waals surface area contributed by atoms with Crippen molar-refractivity contribution < 1.29 is 4.74 Å². The van der Waals surface area contributed by atoms with Crippen LogP contribution in [-0.2, 0) is 12.8 Å². The van der Waals surface area contributed by atoms with E-state index in [1.807, 2.05) is 30.3 Å². The summed E-state index contributed by atoms with van der Waals surface area (Å²) in [5, 5.41) is 2.56. The van der Waals surface area contributed by atoms with Gasteiger partial charge in [-0.25, -0.2) is 0 Å². The van der Waals surface area contributed by atoms with Crippen molar-refractivity contribution in [2.24, 2.45) is 0 Å². The van der Waals surface area contributed by atoms with Crippen LogP contribution in [0.1, 0.15) is 11.1 Å². The Morgan fingerprint density at radius 1 is 0.759 bits per heavy atom. The third-order valence-corrected chi connectivity index (χ3v) is 5.51. The molecule has 1 aliphatic heterocycles. The van der Waals surface area contributed by atoms with Crippen molar-refractivity contribution in [2.45, 2.75) is 12.8 Å². The first-order valence-corrected chi connectivity index (χ1v) is 9.94. The van der Waals surface area contributed by atoms with E-state index in [4.69, 9.17) is 4.74 Å². The average Bonchev–Trinajstić information content (AvgIpc) is 3.17. The predicted octanol–water partition coefficient (Wildman–Crippen LogP) is 6.66. The lowest BCUT2D eigenvalue weighted by Gasteiger charge is -2.21. The van der Waals surface area contributed by atoms with Crippen molar-refractivity contribution in [1.82, 2.24) is 0 Å². The molecule has 0 aliphatic carbocycles. The van der Waals surface area contributed by atoms with Crippen molar-refractivity contribution in [3.05, 3.63) is 102 Å². The van der Waals surface area contributed by atoms with Gasteiger partial charge in [0.05, 0.1) is 0 Å². The summed E-state index contributed by atoms with van der Waals surface area (Å²) >= 11 is 0. The van der Waals surface area contributed by atoms with Crippen LogP contribution in [0.25, 0.3) is 10.8 Å². The molecule has 0 atom stereocenters. The second kappa shape index (κ2) is 8.59. The lowest BCUT2D eigenvalue weighted by molar-refractivity contribution is 0.483. The van der Waals surface area contributed by atoms with E-state index in [2.05, 4.69) is 65.6 Å². The number of ether oxygens (including phenoxy) is 1. The highest BCUT2D eigenvalue weighted by atomic mass is 35.5. The van der Waals surface area contributed by atoms with Gasteiger partial charge in [-0.05, 0) is 53.6 Å². The molecule has 2 nitrogen and oxygen atoms in total. The first-order chi connectivity index (χ1) is 13.9. The van der Waals surface area contributed by atoms with Crippen molar-refractivity contribution in [2.75, 3.05) is 18.0 Å². The van der Waals surface area contributed by atoms with Crippen LogP contribution in [-0.4, -0.2) is 13.1 Å². The van der Waals surface area contributed by atoms with Crippen LogP contribution >= 0.6 is 12.4 Å². The van der Waals surface area contributed by atoms with Crippen LogP contribution in [0.2, 0.25) is 0 Å². The maximum absolute atomic E-state index is 6.09. The molecule has 3 heteroatoms. The molecule has 1 heterocycles. The van der Waals surface area contributed by atoms with Gasteiger partial charge in [0.15, 0.2) is 0 Å². The molecule has 0 saturated heterocycles. The Labute approximate surface area is 178 Å². The normalized spacial score (nSPS) is 12.5. The molecule has 0 fully saturated rings. The molecule has 29 heavy (non-hydrogen) atoms. The molecule has 4 aromatic carbocycles. The first kappa shape index (κ1) is 19.4. The Morgan fingerprint density at radius 2 is 1.48 bits per heavy atom. The molecular formula is C26H24ClNO. The van der Waals surface area contributed by atoms with E-state index in [-0.39, 0.29) is 12.4 Å². The fourth-order valence-electron chi connectivity index (χ4n) is 4.09. The number of hydrogen-bond acceptors (Lipinski definition) is 2. The molecule has 0 radical (unpaired) electrons. The molecule has 0 spiro atoms. The Bertz CT molecular complexity index is 1100. The van der Waals surface area contributed by atoms with Crippen LogP contribution in [0.3, 0.4) is 0 Å². The van der Waals surface area contributed by atoms with E-state index in [1.54, 1.807) is 0 Å². The number of halogens is 1. The third kappa shape index (κ3) is 4.08. The lowest BCUT2D eigenvalue weighted by atomic mass is 10.0. The number of para-hydroxylation sites is 1.